The van der Waals surface area contributed by atoms with Crippen LogP contribution < -0.4 is 5.32 Å². The lowest BCUT2D eigenvalue weighted by Crippen LogP contribution is -2.37. The highest BCUT2D eigenvalue weighted by Crippen LogP contribution is 2.39. The van der Waals surface area contributed by atoms with Crippen LogP contribution in [0.25, 0.3) is 0 Å². The van der Waals surface area contributed by atoms with Crippen LogP contribution >= 0.6 is 0 Å². The fourth-order valence-electron chi connectivity index (χ4n) is 3.24. The molecule has 1 aromatic rings. The van der Waals surface area contributed by atoms with E-state index in [2.05, 4.69) is 5.32 Å². The minimum atomic E-state index is -0.328. The van der Waals surface area contributed by atoms with Gasteiger partial charge < -0.3 is 5.32 Å². The van der Waals surface area contributed by atoms with Gasteiger partial charge in [0.2, 0.25) is 0 Å². The van der Waals surface area contributed by atoms with E-state index < -0.39 is 0 Å². The highest BCUT2D eigenvalue weighted by molar-refractivity contribution is 5.97. The Hall–Kier alpha value is -1.38. The van der Waals surface area contributed by atoms with Gasteiger partial charge in [-0.1, -0.05) is 18.9 Å². The number of rotatable bonds is 1. The average Bonchev–Trinajstić information content (AvgIpc) is 2.84. The first-order valence-electron chi connectivity index (χ1n) is 6.33. The molecule has 1 unspecified atom stereocenters. The predicted molar refractivity (Wildman–Crippen MR) is 63.4 cm³/mol. The van der Waals surface area contributed by atoms with E-state index in [-0.39, 0.29) is 11.7 Å². The summed E-state index contributed by atoms with van der Waals surface area (Å²) in [6, 6.07) is 4.64. The average molecular weight is 233 g/mol. The Balaban J connectivity index is 1.99. The van der Waals surface area contributed by atoms with Gasteiger partial charge in [0.25, 0.3) is 5.91 Å². The molecule has 0 spiro atoms. The van der Waals surface area contributed by atoms with Crippen LogP contribution in [0.3, 0.4) is 0 Å². The maximum absolute atomic E-state index is 13.2. The molecule has 1 atom stereocenters. The molecule has 1 aromatic carbocycles. The number of benzene rings is 1. The largest absolute Gasteiger partial charge is 0.351 e. The summed E-state index contributed by atoms with van der Waals surface area (Å²) < 4.78 is 13.2. The fourth-order valence-corrected chi connectivity index (χ4v) is 3.24. The van der Waals surface area contributed by atoms with Crippen molar-refractivity contribution in [1.82, 2.24) is 5.32 Å². The van der Waals surface area contributed by atoms with Crippen LogP contribution in [0.15, 0.2) is 18.2 Å². The Labute approximate surface area is 100 Å². The van der Waals surface area contributed by atoms with Crippen LogP contribution in [0.2, 0.25) is 0 Å². The lowest BCUT2D eigenvalue weighted by molar-refractivity contribution is 0.0934. The number of carbonyl (C=O) groups excluding carboxylic acids is 1. The third kappa shape index (κ3) is 1.84. The Kier molecular flexibility index (Phi) is 2.61. The molecule has 3 heteroatoms. The minimum absolute atomic E-state index is 0.131. The Morgan fingerprint density at radius 1 is 1.24 bits per heavy atom. The molecular weight excluding hydrogens is 217 g/mol. The van der Waals surface area contributed by atoms with Crippen molar-refractivity contribution in [3.63, 3.8) is 0 Å². The Morgan fingerprint density at radius 2 is 2.00 bits per heavy atom. The highest BCUT2D eigenvalue weighted by Gasteiger charge is 2.32. The summed E-state index contributed by atoms with van der Waals surface area (Å²) in [6.07, 6.45) is 5.03. The zero-order chi connectivity index (χ0) is 11.8. The van der Waals surface area contributed by atoms with Crippen LogP contribution in [0, 0.1) is 11.7 Å². The summed E-state index contributed by atoms with van der Waals surface area (Å²) in [7, 11) is 0. The van der Waals surface area contributed by atoms with Crippen molar-refractivity contribution in [2.24, 2.45) is 5.92 Å². The van der Waals surface area contributed by atoms with E-state index in [4.69, 9.17) is 0 Å². The predicted octanol–water partition coefficient (Wildman–Crippen LogP) is 2.84. The Morgan fingerprint density at radius 3 is 2.76 bits per heavy atom. The van der Waals surface area contributed by atoms with Crippen LogP contribution in [-0.4, -0.2) is 12.5 Å². The number of amides is 1. The third-order valence-electron chi connectivity index (χ3n) is 4.11. The molecule has 0 saturated heterocycles. The van der Waals surface area contributed by atoms with Crippen LogP contribution in [0.5, 0.6) is 0 Å². The first kappa shape index (κ1) is 10.8. The first-order chi connectivity index (χ1) is 8.25. The fraction of sp³-hybridized carbons (Fsp3) is 0.500. The zero-order valence-corrected chi connectivity index (χ0v) is 9.71. The molecule has 2 aliphatic rings. The van der Waals surface area contributed by atoms with Gasteiger partial charge in [-0.15, -0.1) is 0 Å². The number of nitrogens with one attached hydrogen (secondary N) is 1. The van der Waals surface area contributed by atoms with E-state index in [1.807, 2.05) is 0 Å². The summed E-state index contributed by atoms with van der Waals surface area (Å²) in [4.78, 5) is 11.7. The van der Waals surface area contributed by atoms with Crippen LogP contribution in [-0.2, 0) is 0 Å². The first-order valence-corrected chi connectivity index (χ1v) is 6.33. The van der Waals surface area contributed by atoms with E-state index in [1.54, 1.807) is 6.07 Å². The van der Waals surface area contributed by atoms with Gasteiger partial charge >= 0.3 is 0 Å². The maximum Gasteiger partial charge on any atom is 0.251 e. The molecule has 0 aromatic heterocycles. The molecule has 2 nitrogen and oxygen atoms in total. The summed E-state index contributed by atoms with van der Waals surface area (Å²) in [6.45, 7) is 0.710. The number of carbonyl (C=O) groups is 1. The standard InChI is InChI=1S/C14H16FNO/c15-10-5-6-11-12(7-10)14(17)16-8-13(11)9-3-1-2-4-9/h5-7,9,13H,1-4,8H2,(H,16,17). The van der Waals surface area contributed by atoms with Crippen molar-refractivity contribution >= 4 is 5.91 Å². The zero-order valence-electron chi connectivity index (χ0n) is 9.71. The van der Waals surface area contributed by atoms with Gasteiger partial charge in [0.15, 0.2) is 0 Å². The molecular formula is C14H16FNO. The van der Waals surface area contributed by atoms with E-state index in [1.165, 1.54) is 37.8 Å². The summed E-state index contributed by atoms with van der Waals surface area (Å²) >= 11 is 0. The van der Waals surface area contributed by atoms with Gasteiger partial charge in [-0.3, -0.25) is 4.79 Å². The van der Waals surface area contributed by atoms with Gasteiger partial charge in [-0.25, -0.2) is 4.39 Å². The number of fused-ring (bicyclic) bond motifs is 1. The quantitative estimate of drug-likeness (QED) is 0.794. The SMILES string of the molecule is O=C1NCC(C2CCCC2)c2ccc(F)cc21. The van der Waals surface area contributed by atoms with Gasteiger partial charge in [-0.2, -0.15) is 0 Å². The maximum atomic E-state index is 13.2. The van der Waals surface area contributed by atoms with E-state index in [0.717, 1.165) is 5.56 Å². The van der Waals surface area contributed by atoms with E-state index >= 15 is 0 Å². The molecule has 1 heterocycles. The smallest absolute Gasteiger partial charge is 0.251 e. The molecule has 1 N–H and O–H groups in total. The number of hydrogen-bond donors (Lipinski definition) is 1. The minimum Gasteiger partial charge on any atom is -0.351 e. The Bertz CT molecular complexity index is 452. The molecule has 0 radical (unpaired) electrons. The van der Waals surface area contributed by atoms with Crippen molar-refractivity contribution in [1.29, 1.82) is 0 Å². The monoisotopic (exact) mass is 233 g/mol. The lowest BCUT2D eigenvalue weighted by atomic mass is 9.80. The molecule has 1 aliphatic carbocycles. The van der Waals surface area contributed by atoms with Crippen molar-refractivity contribution < 1.29 is 9.18 Å². The summed E-state index contributed by atoms with van der Waals surface area (Å²) in [5.74, 6) is 0.574. The molecule has 0 bridgehead atoms. The number of hydrogen-bond acceptors (Lipinski definition) is 1. The van der Waals surface area contributed by atoms with Crippen molar-refractivity contribution in [2.45, 2.75) is 31.6 Å². The second kappa shape index (κ2) is 4.13. The topological polar surface area (TPSA) is 29.1 Å². The van der Waals surface area contributed by atoms with Crippen LogP contribution in [0.1, 0.15) is 47.5 Å². The molecule has 90 valence electrons. The third-order valence-corrected chi connectivity index (χ3v) is 4.11. The van der Waals surface area contributed by atoms with Crippen molar-refractivity contribution in [3.05, 3.63) is 35.1 Å². The molecule has 3 rings (SSSR count). The highest BCUT2D eigenvalue weighted by atomic mass is 19.1. The van der Waals surface area contributed by atoms with E-state index in [0.29, 0.717) is 23.9 Å². The van der Waals surface area contributed by atoms with Crippen LogP contribution in [0.4, 0.5) is 4.39 Å². The van der Waals surface area contributed by atoms with E-state index in [9.17, 15) is 9.18 Å². The lowest BCUT2D eigenvalue weighted by Gasteiger charge is -2.30. The van der Waals surface area contributed by atoms with Crippen molar-refractivity contribution in [3.8, 4) is 0 Å². The summed E-state index contributed by atoms with van der Waals surface area (Å²) in [5.41, 5.74) is 1.58. The van der Waals surface area contributed by atoms with Gasteiger partial charge in [0.05, 0.1) is 0 Å². The molecule has 17 heavy (non-hydrogen) atoms. The molecule has 1 amide bonds. The second-order valence-corrected chi connectivity index (χ2v) is 5.09. The summed E-state index contributed by atoms with van der Waals surface area (Å²) in [5, 5.41) is 2.89. The molecule has 1 fully saturated rings. The second-order valence-electron chi connectivity index (χ2n) is 5.09. The number of halogens is 1. The normalized spacial score (nSPS) is 24.5. The van der Waals surface area contributed by atoms with Gasteiger partial charge in [0, 0.05) is 18.0 Å². The molecule has 1 saturated carbocycles. The van der Waals surface area contributed by atoms with Crippen molar-refractivity contribution in [2.75, 3.05) is 6.54 Å². The van der Waals surface area contributed by atoms with Gasteiger partial charge in [-0.05, 0) is 36.5 Å². The van der Waals surface area contributed by atoms with Gasteiger partial charge in [0.1, 0.15) is 5.82 Å². The molecule has 1 aliphatic heterocycles.